The smallest absolute Gasteiger partial charge is 0.237 e. The van der Waals surface area contributed by atoms with Crippen molar-refractivity contribution >= 4 is 30.7 Å². The molecule has 0 unspecified atom stereocenters. The summed E-state index contributed by atoms with van der Waals surface area (Å²) in [4.78, 5) is 16.6. The third kappa shape index (κ3) is 5.31. The first kappa shape index (κ1) is 22.1. The second-order valence-corrected chi connectivity index (χ2v) is 5.88. The Labute approximate surface area is 151 Å². The summed E-state index contributed by atoms with van der Waals surface area (Å²) in [5, 5.41) is 6.33. The number of fused-ring (bicyclic) bond motifs is 1. The standard InChI is InChI=1S/C16H26N4O.2ClH/c1-4-10(2)15(17)16(21)20-9-14-11(3)19-8-12-7-18-6-5-13(12)14;;/h8,10,15,18H,4-7,9,17H2,1-3H3,(H,20,21);2*1H/t10-,15-;;/m0../s1. The average molecular weight is 363 g/mol. The summed E-state index contributed by atoms with van der Waals surface area (Å²) in [6, 6.07) is -0.440. The van der Waals surface area contributed by atoms with Crippen molar-refractivity contribution in [3.05, 3.63) is 28.6 Å². The molecule has 23 heavy (non-hydrogen) atoms. The van der Waals surface area contributed by atoms with Gasteiger partial charge in [-0.05, 0) is 42.5 Å². The summed E-state index contributed by atoms with van der Waals surface area (Å²) in [6.45, 7) is 8.41. The number of amides is 1. The van der Waals surface area contributed by atoms with Gasteiger partial charge < -0.3 is 16.4 Å². The zero-order valence-corrected chi connectivity index (χ0v) is 15.6. The van der Waals surface area contributed by atoms with Gasteiger partial charge in [0.1, 0.15) is 0 Å². The van der Waals surface area contributed by atoms with Crippen LogP contribution in [0.1, 0.15) is 42.7 Å². The summed E-state index contributed by atoms with van der Waals surface area (Å²) in [7, 11) is 0. The Morgan fingerprint density at radius 3 is 2.83 bits per heavy atom. The van der Waals surface area contributed by atoms with Crippen molar-refractivity contribution in [1.82, 2.24) is 15.6 Å². The van der Waals surface area contributed by atoms with Gasteiger partial charge in [-0.25, -0.2) is 0 Å². The summed E-state index contributed by atoms with van der Waals surface area (Å²) in [5.74, 6) is 0.119. The van der Waals surface area contributed by atoms with Gasteiger partial charge in [-0.15, -0.1) is 24.8 Å². The van der Waals surface area contributed by atoms with Crippen LogP contribution in [0.2, 0.25) is 0 Å². The molecule has 0 saturated heterocycles. The number of nitrogens with one attached hydrogen (secondary N) is 2. The minimum atomic E-state index is -0.440. The number of nitrogens with zero attached hydrogens (tertiary/aromatic N) is 1. The number of hydrogen-bond acceptors (Lipinski definition) is 4. The Hall–Kier alpha value is -0.880. The van der Waals surface area contributed by atoms with Gasteiger partial charge in [-0.3, -0.25) is 9.78 Å². The van der Waals surface area contributed by atoms with E-state index < -0.39 is 6.04 Å². The van der Waals surface area contributed by atoms with Crippen LogP contribution >= 0.6 is 24.8 Å². The topological polar surface area (TPSA) is 80.0 Å². The average Bonchev–Trinajstić information content (AvgIpc) is 2.52. The fraction of sp³-hybridized carbons (Fsp3) is 0.625. The summed E-state index contributed by atoms with van der Waals surface area (Å²) in [6.07, 6.45) is 3.83. The minimum absolute atomic E-state index is 0. The lowest BCUT2D eigenvalue weighted by Gasteiger charge is -2.23. The van der Waals surface area contributed by atoms with Crippen molar-refractivity contribution in [3.8, 4) is 0 Å². The molecule has 4 N–H and O–H groups in total. The first-order valence-corrected chi connectivity index (χ1v) is 7.74. The van der Waals surface area contributed by atoms with E-state index >= 15 is 0 Å². The van der Waals surface area contributed by atoms with Crippen molar-refractivity contribution in [1.29, 1.82) is 0 Å². The molecule has 0 bridgehead atoms. The van der Waals surface area contributed by atoms with E-state index in [9.17, 15) is 4.79 Å². The highest BCUT2D eigenvalue weighted by atomic mass is 35.5. The van der Waals surface area contributed by atoms with Crippen LogP contribution in [-0.2, 0) is 24.3 Å². The lowest BCUT2D eigenvalue weighted by molar-refractivity contribution is -0.123. The van der Waals surface area contributed by atoms with Crippen molar-refractivity contribution in [2.45, 2.75) is 52.7 Å². The van der Waals surface area contributed by atoms with Crippen LogP contribution in [0.3, 0.4) is 0 Å². The predicted octanol–water partition coefficient (Wildman–Crippen LogP) is 1.87. The maximum absolute atomic E-state index is 12.1. The second-order valence-electron chi connectivity index (χ2n) is 5.88. The number of aromatic nitrogens is 1. The third-order valence-corrected chi connectivity index (χ3v) is 4.47. The maximum Gasteiger partial charge on any atom is 0.237 e. The van der Waals surface area contributed by atoms with Gasteiger partial charge in [0.25, 0.3) is 0 Å². The Kier molecular flexibility index (Phi) is 9.70. The molecule has 132 valence electrons. The second kappa shape index (κ2) is 10.1. The van der Waals surface area contributed by atoms with Gasteiger partial charge in [-0.1, -0.05) is 20.3 Å². The van der Waals surface area contributed by atoms with Crippen LogP contribution in [0, 0.1) is 12.8 Å². The van der Waals surface area contributed by atoms with E-state index in [1.807, 2.05) is 27.0 Å². The number of rotatable bonds is 5. The fourth-order valence-electron chi connectivity index (χ4n) is 2.68. The molecular formula is C16H28Cl2N4O. The van der Waals surface area contributed by atoms with Crippen LogP contribution in [0.25, 0.3) is 0 Å². The number of carbonyl (C=O) groups excluding carboxylic acids is 1. The lowest BCUT2D eigenvalue weighted by Crippen LogP contribution is -2.44. The molecular weight excluding hydrogens is 335 g/mol. The zero-order valence-electron chi connectivity index (χ0n) is 14.0. The molecule has 5 nitrogen and oxygen atoms in total. The molecule has 0 radical (unpaired) electrons. The number of nitrogens with two attached hydrogens (primary N) is 1. The zero-order chi connectivity index (χ0) is 15.4. The Bertz CT molecular complexity index is 525. The normalized spacial score (nSPS) is 15.5. The van der Waals surface area contributed by atoms with E-state index in [4.69, 9.17) is 5.73 Å². The summed E-state index contributed by atoms with van der Waals surface area (Å²) < 4.78 is 0. The molecule has 0 saturated carbocycles. The SMILES string of the molecule is CC[C@H](C)[C@H](N)C(=O)NCc1c(C)ncc2c1CCNC2.Cl.Cl. The van der Waals surface area contributed by atoms with Gasteiger partial charge in [-0.2, -0.15) is 0 Å². The van der Waals surface area contributed by atoms with Crippen molar-refractivity contribution in [2.75, 3.05) is 6.54 Å². The highest BCUT2D eigenvalue weighted by Gasteiger charge is 2.21. The molecule has 7 heteroatoms. The van der Waals surface area contributed by atoms with E-state index in [1.54, 1.807) is 0 Å². The summed E-state index contributed by atoms with van der Waals surface area (Å²) >= 11 is 0. The molecule has 1 aliphatic rings. The van der Waals surface area contributed by atoms with E-state index in [-0.39, 0.29) is 36.6 Å². The van der Waals surface area contributed by atoms with Crippen LogP contribution in [-0.4, -0.2) is 23.5 Å². The highest BCUT2D eigenvalue weighted by Crippen LogP contribution is 2.20. The molecule has 2 atom stereocenters. The minimum Gasteiger partial charge on any atom is -0.351 e. The van der Waals surface area contributed by atoms with E-state index in [0.29, 0.717) is 6.54 Å². The van der Waals surface area contributed by atoms with Gasteiger partial charge in [0.05, 0.1) is 6.04 Å². The molecule has 1 aromatic heterocycles. The quantitative estimate of drug-likeness (QED) is 0.746. The molecule has 0 aliphatic carbocycles. The molecule has 0 aromatic carbocycles. The van der Waals surface area contributed by atoms with E-state index in [1.165, 1.54) is 11.1 Å². The number of hydrogen-bond donors (Lipinski definition) is 3. The molecule has 2 heterocycles. The van der Waals surface area contributed by atoms with Crippen LogP contribution in [0.15, 0.2) is 6.20 Å². The first-order valence-electron chi connectivity index (χ1n) is 7.74. The Morgan fingerprint density at radius 2 is 2.17 bits per heavy atom. The van der Waals surface area contributed by atoms with Gasteiger partial charge in [0.2, 0.25) is 5.91 Å². The van der Waals surface area contributed by atoms with Gasteiger partial charge >= 0.3 is 0 Å². The fourth-order valence-corrected chi connectivity index (χ4v) is 2.68. The highest BCUT2D eigenvalue weighted by molar-refractivity contribution is 5.85. The Morgan fingerprint density at radius 1 is 1.48 bits per heavy atom. The molecule has 1 aromatic rings. The van der Waals surface area contributed by atoms with Crippen molar-refractivity contribution in [2.24, 2.45) is 11.7 Å². The Balaban J connectivity index is 0.00000242. The largest absolute Gasteiger partial charge is 0.351 e. The molecule has 2 rings (SSSR count). The number of halogens is 2. The van der Waals surface area contributed by atoms with E-state index in [2.05, 4.69) is 15.6 Å². The molecule has 0 spiro atoms. The maximum atomic E-state index is 12.1. The number of aryl methyl sites for hydroxylation is 1. The van der Waals surface area contributed by atoms with Crippen LogP contribution in [0.5, 0.6) is 0 Å². The molecule has 0 fully saturated rings. The predicted molar refractivity (Wildman–Crippen MR) is 98.2 cm³/mol. The molecule has 1 aliphatic heterocycles. The summed E-state index contributed by atoms with van der Waals surface area (Å²) in [5.41, 5.74) is 10.7. The van der Waals surface area contributed by atoms with Gasteiger partial charge in [0.15, 0.2) is 0 Å². The number of pyridine rings is 1. The molecule has 1 amide bonds. The van der Waals surface area contributed by atoms with Gasteiger partial charge in [0, 0.05) is 25.0 Å². The van der Waals surface area contributed by atoms with Crippen LogP contribution in [0.4, 0.5) is 0 Å². The third-order valence-electron chi connectivity index (χ3n) is 4.47. The van der Waals surface area contributed by atoms with E-state index in [0.717, 1.165) is 37.2 Å². The van der Waals surface area contributed by atoms with Crippen molar-refractivity contribution < 1.29 is 4.79 Å². The van der Waals surface area contributed by atoms with Crippen LogP contribution < -0.4 is 16.4 Å². The lowest BCUT2D eigenvalue weighted by atomic mass is 9.95. The monoisotopic (exact) mass is 362 g/mol. The first-order chi connectivity index (χ1) is 10.0. The number of carbonyl (C=O) groups is 1. The van der Waals surface area contributed by atoms with Crippen molar-refractivity contribution in [3.63, 3.8) is 0 Å².